The van der Waals surface area contributed by atoms with Gasteiger partial charge in [-0.1, -0.05) is 6.92 Å². The molecule has 0 atom stereocenters. The lowest BCUT2D eigenvalue weighted by Gasteiger charge is -2.05. The first-order chi connectivity index (χ1) is 8.79. The van der Waals surface area contributed by atoms with E-state index in [1.165, 1.54) is 0 Å². The van der Waals surface area contributed by atoms with Crippen LogP contribution < -0.4 is 0 Å². The average molecular weight is 243 g/mol. The molecule has 0 amide bonds. The molecule has 94 valence electrons. The van der Waals surface area contributed by atoms with Gasteiger partial charge in [-0.25, -0.2) is 4.98 Å². The van der Waals surface area contributed by atoms with Crippen LogP contribution in [0.2, 0.25) is 0 Å². The van der Waals surface area contributed by atoms with Crippen molar-refractivity contribution in [3.8, 4) is 0 Å². The number of hydrogen-bond acceptors (Lipinski definition) is 3. The summed E-state index contributed by atoms with van der Waals surface area (Å²) in [5.74, 6) is 1.04. The van der Waals surface area contributed by atoms with Crippen LogP contribution in [0.15, 0.2) is 36.9 Å². The Bertz CT molecular complexity index is 505. The Balaban J connectivity index is 1.97. The summed E-state index contributed by atoms with van der Waals surface area (Å²) in [7, 11) is 0. The summed E-state index contributed by atoms with van der Waals surface area (Å²) in [5, 5.41) is 0. The predicted molar refractivity (Wildman–Crippen MR) is 69.2 cm³/mol. The molecule has 0 bridgehead atoms. The number of rotatable bonds is 6. The van der Waals surface area contributed by atoms with Crippen molar-refractivity contribution in [1.82, 2.24) is 14.5 Å². The van der Waals surface area contributed by atoms with E-state index < -0.39 is 0 Å². The van der Waals surface area contributed by atoms with Crippen LogP contribution in [0.5, 0.6) is 0 Å². The number of pyridine rings is 1. The first kappa shape index (κ1) is 12.5. The van der Waals surface area contributed by atoms with Crippen molar-refractivity contribution >= 4 is 5.78 Å². The third-order valence-electron chi connectivity index (χ3n) is 2.77. The molecule has 2 heterocycles. The largest absolute Gasteiger partial charge is 0.335 e. The summed E-state index contributed by atoms with van der Waals surface area (Å²) in [6, 6.07) is 3.74. The molecule has 0 saturated heterocycles. The van der Waals surface area contributed by atoms with Gasteiger partial charge in [0.15, 0.2) is 0 Å². The number of ketones is 1. The van der Waals surface area contributed by atoms with Gasteiger partial charge >= 0.3 is 0 Å². The summed E-state index contributed by atoms with van der Waals surface area (Å²) in [4.78, 5) is 20.1. The lowest BCUT2D eigenvalue weighted by Crippen LogP contribution is -2.12. The minimum atomic E-state index is 0.185. The van der Waals surface area contributed by atoms with Crippen molar-refractivity contribution in [2.45, 2.75) is 32.7 Å². The second-order valence-corrected chi connectivity index (χ2v) is 4.28. The van der Waals surface area contributed by atoms with Gasteiger partial charge in [-0.05, 0) is 24.1 Å². The van der Waals surface area contributed by atoms with Crippen LogP contribution in [0.4, 0.5) is 0 Å². The normalized spacial score (nSPS) is 10.5. The molecule has 0 saturated carbocycles. The molecule has 0 radical (unpaired) electrons. The Morgan fingerprint density at radius 3 is 2.72 bits per heavy atom. The zero-order valence-electron chi connectivity index (χ0n) is 10.5. The molecule has 18 heavy (non-hydrogen) atoms. The molecule has 2 rings (SSSR count). The molecular weight excluding hydrogens is 226 g/mol. The average Bonchev–Trinajstić information content (AvgIpc) is 2.78. The van der Waals surface area contributed by atoms with Gasteiger partial charge in [0, 0.05) is 37.8 Å². The van der Waals surface area contributed by atoms with Gasteiger partial charge in [0.2, 0.25) is 0 Å². The van der Waals surface area contributed by atoms with Gasteiger partial charge in [0.25, 0.3) is 0 Å². The lowest BCUT2D eigenvalue weighted by molar-refractivity contribution is -0.117. The van der Waals surface area contributed by atoms with Crippen molar-refractivity contribution in [2.75, 3.05) is 0 Å². The Morgan fingerprint density at radius 1 is 1.22 bits per heavy atom. The summed E-state index contributed by atoms with van der Waals surface area (Å²) in [6.07, 6.45) is 8.99. The van der Waals surface area contributed by atoms with Crippen molar-refractivity contribution < 1.29 is 4.79 Å². The summed E-state index contributed by atoms with van der Waals surface area (Å²) >= 11 is 0. The maximum atomic E-state index is 12.0. The highest BCUT2D eigenvalue weighted by Gasteiger charge is 2.09. The molecule has 0 aliphatic carbocycles. The molecule has 0 aliphatic heterocycles. The van der Waals surface area contributed by atoms with Gasteiger partial charge in [-0.3, -0.25) is 9.78 Å². The zero-order chi connectivity index (χ0) is 12.8. The molecular formula is C14H17N3O. The summed E-state index contributed by atoms with van der Waals surface area (Å²) in [6.45, 7) is 3.03. The van der Waals surface area contributed by atoms with Crippen LogP contribution in [0, 0.1) is 0 Å². The van der Waals surface area contributed by atoms with E-state index in [2.05, 4.69) is 16.9 Å². The molecule has 0 unspecified atom stereocenters. The molecule has 0 N–H and O–H groups in total. The van der Waals surface area contributed by atoms with Gasteiger partial charge in [0.1, 0.15) is 11.6 Å². The molecule has 2 aromatic heterocycles. The van der Waals surface area contributed by atoms with Gasteiger partial charge < -0.3 is 4.57 Å². The molecule has 2 aromatic rings. The van der Waals surface area contributed by atoms with E-state index in [1.54, 1.807) is 18.6 Å². The van der Waals surface area contributed by atoms with Crippen LogP contribution >= 0.6 is 0 Å². The number of imidazole rings is 1. The number of aromatic nitrogens is 3. The fraction of sp³-hybridized carbons (Fsp3) is 0.357. The quantitative estimate of drug-likeness (QED) is 0.780. The number of carbonyl (C=O) groups is 1. The second-order valence-electron chi connectivity index (χ2n) is 4.28. The fourth-order valence-corrected chi connectivity index (χ4v) is 1.92. The number of carbonyl (C=O) groups excluding carboxylic acids is 1. The Morgan fingerprint density at radius 2 is 2.00 bits per heavy atom. The van der Waals surface area contributed by atoms with Crippen LogP contribution in [-0.2, 0) is 24.2 Å². The Labute approximate surface area is 107 Å². The van der Waals surface area contributed by atoms with Crippen LogP contribution in [0.3, 0.4) is 0 Å². The lowest BCUT2D eigenvalue weighted by atomic mass is 10.1. The molecule has 4 heteroatoms. The number of nitrogens with zero attached hydrogens (tertiary/aromatic N) is 3. The molecule has 4 nitrogen and oxygen atoms in total. The molecule has 0 aromatic carbocycles. The van der Waals surface area contributed by atoms with Crippen molar-refractivity contribution in [3.63, 3.8) is 0 Å². The maximum absolute atomic E-state index is 12.0. The molecule has 0 aliphatic rings. The van der Waals surface area contributed by atoms with Crippen molar-refractivity contribution in [3.05, 3.63) is 48.3 Å². The number of aryl methyl sites for hydroxylation is 1. The maximum Gasteiger partial charge on any atom is 0.144 e. The van der Waals surface area contributed by atoms with Crippen LogP contribution in [0.25, 0.3) is 0 Å². The van der Waals surface area contributed by atoms with Gasteiger partial charge in [0.05, 0.1) is 6.42 Å². The van der Waals surface area contributed by atoms with E-state index in [4.69, 9.17) is 0 Å². The molecule has 0 fully saturated rings. The van der Waals surface area contributed by atoms with E-state index in [1.807, 2.05) is 22.9 Å². The predicted octanol–water partition coefficient (Wildman–Crippen LogP) is 2.04. The zero-order valence-corrected chi connectivity index (χ0v) is 10.5. The first-order valence-electron chi connectivity index (χ1n) is 6.20. The van der Waals surface area contributed by atoms with E-state index >= 15 is 0 Å². The van der Waals surface area contributed by atoms with Gasteiger partial charge in [-0.2, -0.15) is 0 Å². The van der Waals surface area contributed by atoms with E-state index in [0.29, 0.717) is 12.8 Å². The molecule has 0 spiro atoms. The highest BCUT2D eigenvalue weighted by Crippen LogP contribution is 2.05. The van der Waals surface area contributed by atoms with Crippen LogP contribution in [0.1, 0.15) is 24.7 Å². The minimum absolute atomic E-state index is 0.185. The van der Waals surface area contributed by atoms with E-state index in [9.17, 15) is 4.79 Å². The van der Waals surface area contributed by atoms with Gasteiger partial charge in [-0.15, -0.1) is 0 Å². The summed E-state index contributed by atoms with van der Waals surface area (Å²) in [5.41, 5.74) is 1.00. The Hall–Kier alpha value is -1.97. The summed E-state index contributed by atoms with van der Waals surface area (Å²) < 4.78 is 2.05. The smallest absolute Gasteiger partial charge is 0.144 e. The van der Waals surface area contributed by atoms with Crippen LogP contribution in [-0.4, -0.2) is 20.3 Å². The fourth-order valence-electron chi connectivity index (χ4n) is 1.92. The van der Waals surface area contributed by atoms with E-state index in [0.717, 1.165) is 24.4 Å². The Kier molecular flexibility index (Phi) is 4.23. The first-order valence-corrected chi connectivity index (χ1v) is 6.20. The topological polar surface area (TPSA) is 47.8 Å². The monoisotopic (exact) mass is 243 g/mol. The number of Topliss-reactive ketones (excluding diaryl/α,β-unsaturated/α-hetero) is 1. The standard InChI is InChI=1S/C14H17N3O/c1-2-8-17-9-7-16-14(17)11-13(18)10-12-3-5-15-6-4-12/h3-7,9H,2,8,10-11H2,1H3. The number of hydrogen-bond donors (Lipinski definition) is 0. The highest BCUT2D eigenvalue weighted by atomic mass is 16.1. The second kappa shape index (κ2) is 6.10. The third kappa shape index (κ3) is 3.26. The van der Waals surface area contributed by atoms with Crippen molar-refractivity contribution in [2.24, 2.45) is 0 Å². The third-order valence-corrected chi connectivity index (χ3v) is 2.77. The minimum Gasteiger partial charge on any atom is -0.335 e. The van der Waals surface area contributed by atoms with Crippen molar-refractivity contribution in [1.29, 1.82) is 0 Å². The highest BCUT2D eigenvalue weighted by molar-refractivity contribution is 5.82. The van der Waals surface area contributed by atoms with E-state index in [-0.39, 0.29) is 5.78 Å². The SMILES string of the molecule is CCCn1ccnc1CC(=O)Cc1ccncc1.